The number of carbonyl (C=O) groups excluding carboxylic acids is 4. The molecule has 0 aromatic heterocycles. The molecule has 5 atom stereocenters. The molecule has 0 aromatic rings. The highest BCUT2D eigenvalue weighted by atomic mass is 16.3. The Morgan fingerprint density at radius 3 is 2.04 bits per heavy atom. The third-order valence-electron chi connectivity index (χ3n) is 9.28. The molecule has 4 amide bonds. The Morgan fingerprint density at radius 1 is 0.911 bits per heavy atom. The van der Waals surface area contributed by atoms with Crippen molar-refractivity contribution in [1.29, 1.82) is 0 Å². The van der Waals surface area contributed by atoms with E-state index < -0.39 is 23.5 Å². The Labute approximate surface area is 272 Å². The van der Waals surface area contributed by atoms with Gasteiger partial charge in [-0.3, -0.25) is 24.1 Å². The molecule has 45 heavy (non-hydrogen) atoms. The zero-order valence-electron chi connectivity index (χ0n) is 30.0. The lowest BCUT2D eigenvalue weighted by molar-refractivity contribution is -0.142. The minimum atomic E-state index is -0.742. The fourth-order valence-electron chi connectivity index (χ4n) is 6.72. The summed E-state index contributed by atoms with van der Waals surface area (Å²) in [6.45, 7) is 21.1. The van der Waals surface area contributed by atoms with E-state index in [1.807, 2.05) is 54.5 Å². The summed E-state index contributed by atoms with van der Waals surface area (Å²) in [5.74, 6) is -0.462. The second kappa shape index (κ2) is 16.9. The van der Waals surface area contributed by atoms with Gasteiger partial charge in [-0.2, -0.15) is 0 Å². The SMILES string of the molecule is CC(=C[C@H](C(C)C)N(C)C(=O)[C@@H](NC(=O)C1CCCCN1C(C)C)C(C)(C)C)C(=O)N1CCC[C@H]1C(=O)N[C@H](CO)CC(C)C. The number of likely N-dealkylation sites (N-methyl/N-ethyl adjacent to an activating group) is 1. The molecule has 0 bridgehead atoms. The monoisotopic (exact) mass is 633 g/mol. The molecule has 2 heterocycles. The summed E-state index contributed by atoms with van der Waals surface area (Å²) < 4.78 is 0. The summed E-state index contributed by atoms with van der Waals surface area (Å²) in [7, 11) is 1.74. The van der Waals surface area contributed by atoms with Crippen LogP contribution in [0.2, 0.25) is 0 Å². The smallest absolute Gasteiger partial charge is 0.249 e. The highest BCUT2D eigenvalue weighted by Gasteiger charge is 2.40. The average Bonchev–Trinajstić information content (AvgIpc) is 3.46. The van der Waals surface area contributed by atoms with Gasteiger partial charge in [-0.25, -0.2) is 0 Å². The van der Waals surface area contributed by atoms with Crippen LogP contribution in [-0.2, 0) is 19.2 Å². The molecule has 2 rings (SSSR count). The van der Waals surface area contributed by atoms with Crippen molar-refractivity contribution < 1.29 is 24.3 Å². The Bertz CT molecular complexity index is 1050. The third kappa shape index (κ3) is 10.5. The summed E-state index contributed by atoms with van der Waals surface area (Å²) in [4.78, 5) is 60.1. The number of nitrogens with zero attached hydrogens (tertiary/aromatic N) is 3. The molecule has 0 radical (unpaired) electrons. The standard InChI is InChI=1S/C35H63N5O5/c1-22(2)19-26(21-41)36-31(42)28-16-14-18-40(28)33(44)25(7)20-29(23(3)4)38(11)34(45)30(35(8,9)10)37-32(43)27-15-12-13-17-39(27)24(5)6/h20,22-24,26-30,41H,12-19,21H2,1-11H3,(H,36,42)(H,37,43)/t26-,27?,28-,29+,30+/m0/s1. The van der Waals surface area contributed by atoms with Crippen LogP contribution in [0.4, 0.5) is 0 Å². The van der Waals surface area contributed by atoms with Gasteiger partial charge in [0.25, 0.3) is 0 Å². The van der Waals surface area contributed by atoms with E-state index >= 15 is 0 Å². The molecular formula is C35H63N5O5. The zero-order valence-corrected chi connectivity index (χ0v) is 30.0. The Hall–Kier alpha value is -2.46. The van der Waals surface area contributed by atoms with Gasteiger partial charge < -0.3 is 25.5 Å². The molecule has 0 saturated carbocycles. The molecule has 1 unspecified atom stereocenters. The molecule has 0 aliphatic carbocycles. The minimum absolute atomic E-state index is 0.00758. The Balaban J connectivity index is 2.25. The van der Waals surface area contributed by atoms with Crippen molar-refractivity contribution in [1.82, 2.24) is 25.3 Å². The van der Waals surface area contributed by atoms with Crippen LogP contribution in [-0.4, -0.2) is 106 Å². The van der Waals surface area contributed by atoms with Crippen molar-refractivity contribution in [2.45, 2.75) is 144 Å². The van der Waals surface area contributed by atoms with Crippen molar-refractivity contribution >= 4 is 23.6 Å². The second-order valence-electron chi connectivity index (χ2n) is 15.4. The number of nitrogens with one attached hydrogen (secondary N) is 2. The number of hydrogen-bond donors (Lipinski definition) is 3. The van der Waals surface area contributed by atoms with E-state index in [2.05, 4.69) is 29.4 Å². The van der Waals surface area contributed by atoms with E-state index in [1.54, 1.807) is 23.8 Å². The first-order valence-corrected chi connectivity index (χ1v) is 17.1. The van der Waals surface area contributed by atoms with Gasteiger partial charge in [-0.15, -0.1) is 0 Å². The first-order chi connectivity index (χ1) is 20.9. The number of hydrogen-bond acceptors (Lipinski definition) is 6. The van der Waals surface area contributed by atoms with E-state index in [-0.39, 0.29) is 54.3 Å². The van der Waals surface area contributed by atoms with Crippen molar-refractivity contribution in [2.75, 3.05) is 26.7 Å². The number of carbonyl (C=O) groups is 4. The number of piperidine rings is 1. The van der Waals surface area contributed by atoms with Gasteiger partial charge in [0.2, 0.25) is 23.6 Å². The van der Waals surface area contributed by atoms with Crippen LogP contribution >= 0.6 is 0 Å². The van der Waals surface area contributed by atoms with E-state index in [0.717, 1.165) is 32.2 Å². The van der Waals surface area contributed by atoms with Gasteiger partial charge in [-0.05, 0) is 76.7 Å². The van der Waals surface area contributed by atoms with Crippen molar-refractivity contribution in [3.8, 4) is 0 Å². The largest absolute Gasteiger partial charge is 0.394 e. The third-order valence-corrected chi connectivity index (χ3v) is 9.28. The molecule has 2 saturated heterocycles. The van der Waals surface area contributed by atoms with Gasteiger partial charge in [-0.1, -0.05) is 61.0 Å². The van der Waals surface area contributed by atoms with E-state index in [1.165, 1.54) is 0 Å². The highest BCUT2D eigenvalue weighted by Crippen LogP contribution is 2.27. The Kier molecular flexibility index (Phi) is 14.6. The van der Waals surface area contributed by atoms with Gasteiger partial charge in [0.15, 0.2) is 0 Å². The molecule has 2 fully saturated rings. The predicted octanol–water partition coefficient (Wildman–Crippen LogP) is 3.72. The summed E-state index contributed by atoms with van der Waals surface area (Å²) in [6, 6.07) is -2.10. The van der Waals surface area contributed by atoms with Crippen LogP contribution < -0.4 is 10.6 Å². The van der Waals surface area contributed by atoms with Crippen molar-refractivity contribution in [3.63, 3.8) is 0 Å². The quantitative estimate of drug-likeness (QED) is 0.266. The van der Waals surface area contributed by atoms with Gasteiger partial charge in [0.1, 0.15) is 12.1 Å². The summed E-state index contributed by atoms with van der Waals surface area (Å²) in [5.41, 5.74) is -0.0629. The topological polar surface area (TPSA) is 122 Å². The van der Waals surface area contributed by atoms with Gasteiger partial charge >= 0.3 is 0 Å². The van der Waals surface area contributed by atoms with Crippen LogP contribution in [0.3, 0.4) is 0 Å². The first kappa shape index (κ1) is 38.7. The molecule has 2 aliphatic rings. The fraction of sp³-hybridized carbons (Fsp3) is 0.829. The summed E-state index contributed by atoms with van der Waals surface area (Å²) in [5, 5.41) is 15.8. The summed E-state index contributed by atoms with van der Waals surface area (Å²) >= 11 is 0. The highest BCUT2D eigenvalue weighted by molar-refractivity contribution is 5.97. The lowest BCUT2D eigenvalue weighted by Gasteiger charge is -2.41. The van der Waals surface area contributed by atoms with E-state index in [4.69, 9.17) is 0 Å². The lowest BCUT2D eigenvalue weighted by atomic mass is 9.84. The predicted molar refractivity (Wildman–Crippen MR) is 179 cm³/mol. The zero-order chi connectivity index (χ0) is 34.2. The number of aliphatic hydroxyl groups excluding tert-OH is 1. The van der Waals surface area contributed by atoms with Crippen LogP contribution in [0.5, 0.6) is 0 Å². The maximum Gasteiger partial charge on any atom is 0.249 e. The second-order valence-corrected chi connectivity index (χ2v) is 15.4. The molecule has 0 aromatic carbocycles. The molecule has 3 N–H and O–H groups in total. The van der Waals surface area contributed by atoms with Crippen molar-refractivity contribution in [2.24, 2.45) is 17.3 Å². The number of aliphatic hydroxyl groups is 1. The average molecular weight is 634 g/mol. The molecule has 0 spiro atoms. The first-order valence-electron chi connectivity index (χ1n) is 17.1. The molecule has 10 heteroatoms. The fourth-order valence-corrected chi connectivity index (χ4v) is 6.72. The van der Waals surface area contributed by atoms with Crippen LogP contribution in [0.1, 0.15) is 108 Å². The van der Waals surface area contributed by atoms with E-state index in [9.17, 15) is 24.3 Å². The maximum atomic E-state index is 14.1. The van der Waals surface area contributed by atoms with E-state index in [0.29, 0.717) is 30.9 Å². The van der Waals surface area contributed by atoms with Gasteiger partial charge in [0.05, 0.1) is 24.7 Å². The number of likely N-dealkylation sites (tertiary alicyclic amines) is 2. The van der Waals surface area contributed by atoms with Crippen LogP contribution in [0.15, 0.2) is 11.6 Å². The van der Waals surface area contributed by atoms with Gasteiger partial charge in [0, 0.05) is 25.2 Å². The molecular weight excluding hydrogens is 570 g/mol. The molecule has 10 nitrogen and oxygen atoms in total. The number of rotatable bonds is 13. The molecule has 258 valence electrons. The normalized spacial score (nSPS) is 22.0. The van der Waals surface area contributed by atoms with Crippen LogP contribution in [0, 0.1) is 17.3 Å². The van der Waals surface area contributed by atoms with Crippen molar-refractivity contribution in [3.05, 3.63) is 11.6 Å². The van der Waals surface area contributed by atoms with Crippen LogP contribution in [0.25, 0.3) is 0 Å². The maximum absolute atomic E-state index is 14.1. The molecule has 2 aliphatic heterocycles. The minimum Gasteiger partial charge on any atom is -0.394 e. The lowest BCUT2D eigenvalue weighted by Crippen LogP contribution is -2.60. The Morgan fingerprint density at radius 2 is 1.51 bits per heavy atom. The summed E-state index contributed by atoms with van der Waals surface area (Å²) in [6.07, 6.45) is 6.61. The number of amides is 4.